The van der Waals surface area contributed by atoms with E-state index in [1.54, 1.807) is 13.0 Å². The lowest BCUT2D eigenvalue weighted by Crippen LogP contribution is -2.24. The van der Waals surface area contributed by atoms with Gasteiger partial charge in [-0.25, -0.2) is 4.98 Å². The van der Waals surface area contributed by atoms with Gasteiger partial charge < -0.3 is 10.1 Å². The van der Waals surface area contributed by atoms with E-state index in [-0.39, 0.29) is 24.0 Å². The van der Waals surface area contributed by atoms with Crippen LogP contribution < -0.4 is 15.6 Å². The molecule has 0 saturated heterocycles. The molecule has 9 heteroatoms. The Balaban J connectivity index is 1.62. The zero-order chi connectivity index (χ0) is 22.7. The highest BCUT2D eigenvalue weighted by Gasteiger charge is 2.17. The van der Waals surface area contributed by atoms with Crippen molar-refractivity contribution in [3.8, 4) is 22.3 Å². The topological polar surface area (TPSA) is 102 Å². The third-order valence-corrected chi connectivity index (χ3v) is 5.80. The molecule has 0 radical (unpaired) electrons. The van der Waals surface area contributed by atoms with E-state index >= 15 is 0 Å². The summed E-state index contributed by atoms with van der Waals surface area (Å²) in [7, 11) is 0. The van der Waals surface area contributed by atoms with Crippen LogP contribution in [0, 0.1) is 13.8 Å². The standard InChI is InChI=1S/C23H23N5O3S/c1-4-17-15(3)24-23(26-22(17)30)28-20(12-18(27-28)19-6-5-11-32-19)25-21(29)13-31-16-9-7-14(2)8-10-16/h5-12H,4,13H2,1-3H3,(H,25,29)(H,24,26,30). The number of thiophene rings is 1. The SMILES string of the molecule is CCc1c(C)nc(-n2nc(-c3cccs3)cc2NC(=O)COc2ccc(C)cc2)[nH]c1=O. The number of amides is 1. The van der Waals surface area contributed by atoms with Crippen molar-refractivity contribution in [2.75, 3.05) is 11.9 Å². The number of rotatable bonds is 7. The number of aromatic nitrogens is 4. The number of ether oxygens (including phenoxy) is 1. The first-order chi connectivity index (χ1) is 15.4. The van der Waals surface area contributed by atoms with E-state index in [0.717, 1.165) is 10.4 Å². The fraction of sp³-hybridized carbons (Fsp3) is 0.217. The van der Waals surface area contributed by atoms with E-state index < -0.39 is 0 Å². The van der Waals surface area contributed by atoms with E-state index in [2.05, 4.69) is 20.4 Å². The summed E-state index contributed by atoms with van der Waals surface area (Å²) in [6, 6.07) is 13.1. The molecule has 4 rings (SSSR count). The second-order valence-electron chi connectivity index (χ2n) is 7.26. The first-order valence-corrected chi connectivity index (χ1v) is 11.1. The molecule has 32 heavy (non-hydrogen) atoms. The summed E-state index contributed by atoms with van der Waals surface area (Å²) in [6.07, 6.45) is 0.577. The van der Waals surface area contributed by atoms with E-state index in [1.165, 1.54) is 16.0 Å². The third-order valence-electron chi connectivity index (χ3n) is 4.91. The van der Waals surface area contributed by atoms with Crippen LogP contribution in [0.3, 0.4) is 0 Å². The van der Waals surface area contributed by atoms with Crippen LogP contribution >= 0.6 is 11.3 Å². The highest BCUT2D eigenvalue weighted by Crippen LogP contribution is 2.27. The Kier molecular flexibility index (Phi) is 6.18. The number of nitrogens with one attached hydrogen (secondary N) is 2. The molecule has 0 saturated carbocycles. The van der Waals surface area contributed by atoms with Crippen LogP contribution in [-0.4, -0.2) is 32.3 Å². The number of aryl methyl sites for hydroxylation is 2. The maximum absolute atomic E-state index is 12.6. The lowest BCUT2D eigenvalue weighted by molar-refractivity contribution is -0.118. The predicted molar refractivity (Wildman–Crippen MR) is 125 cm³/mol. The largest absolute Gasteiger partial charge is 0.484 e. The highest BCUT2D eigenvalue weighted by atomic mass is 32.1. The number of benzene rings is 1. The average molecular weight is 450 g/mol. The van der Waals surface area contributed by atoms with Gasteiger partial charge >= 0.3 is 0 Å². The molecular formula is C23H23N5O3S. The average Bonchev–Trinajstić information content (AvgIpc) is 3.43. The van der Waals surface area contributed by atoms with Gasteiger partial charge in [0.25, 0.3) is 11.5 Å². The fourth-order valence-electron chi connectivity index (χ4n) is 3.25. The van der Waals surface area contributed by atoms with Crippen molar-refractivity contribution >= 4 is 23.1 Å². The molecule has 0 spiro atoms. The van der Waals surface area contributed by atoms with Gasteiger partial charge in [-0.1, -0.05) is 30.7 Å². The molecule has 0 atom stereocenters. The van der Waals surface area contributed by atoms with Crippen LogP contribution in [-0.2, 0) is 11.2 Å². The van der Waals surface area contributed by atoms with Crippen molar-refractivity contribution < 1.29 is 9.53 Å². The maximum atomic E-state index is 12.6. The normalized spacial score (nSPS) is 10.8. The van der Waals surface area contributed by atoms with Gasteiger partial charge in [-0.2, -0.15) is 9.78 Å². The van der Waals surface area contributed by atoms with Crippen LogP contribution in [0.4, 0.5) is 5.82 Å². The number of nitrogens with zero attached hydrogens (tertiary/aromatic N) is 3. The van der Waals surface area contributed by atoms with Crippen LogP contribution in [0.1, 0.15) is 23.7 Å². The fourth-order valence-corrected chi connectivity index (χ4v) is 3.93. The summed E-state index contributed by atoms with van der Waals surface area (Å²) >= 11 is 1.53. The quantitative estimate of drug-likeness (QED) is 0.446. The van der Waals surface area contributed by atoms with Crippen LogP contribution in [0.25, 0.3) is 16.5 Å². The minimum atomic E-state index is -0.353. The zero-order valence-corrected chi connectivity index (χ0v) is 18.8. The molecule has 0 unspecified atom stereocenters. The number of hydrogen-bond acceptors (Lipinski definition) is 6. The second kappa shape index (κ2) is 9.19. The van der Waals surface area contributed by atoms with Gasteiger partial charge in [-0.05, 0) is 43.8 Å². The van der Waals surface area contributed by atoms with Gasteiger partial charge in [-0.15, -0.1) is 11.3 Å². The molecule has 0 fully saturated rings. The molecule has 164 valence electrons. The number of H-pyrrole nitrogens is 1. The second-order valence-corrected chi connectivity index (χ2v) is 8.21. The molecule has 0 bridgehead atoms. The Labute approximate surface area is 188 Å². The van der Waals surface area contributed by atoms with E-state index in [0.29, 0.717) is 34.9 Å². The minimum absolute atomic E-state index is 0.166. The summed E-state index contributed by atoms with van der Waals surface area (Å²) in [5.74, 6) is 0.879. The van der Waals surface area contributed by atoms with Crippen molar-refractivity contribution in [2.24, 2.45) is 0 Å². The zero-order valence-electron chi connectivity index (χ0n) is 18.0. The molecule has 2 N–H and O–H groups in total. The first-order valence-electron chi connectivity index (χ1n) is 10.2. The lowest BCUT2D eigenvalue weighted by atomic mass is 10.2. The molecule has 1 amide bonds. The summed E-state index contributed by atoms with van der Waals surface area (Å²) in [4.78, 5) is 33.3. The van der Waals surface area contributed by atoms with Crippen molar-refractivity contribution in [3.05, 3.63) is 75.0 Å². The van der Waals surface area contributed by atoms with Crippen LogP contribution in [0.5, 0.6) is 5.75 Å². The maximum Gasteiger partial charge on any atom is 0.263 e. The van der Waals surface area contributed by atoms with Gasteiger partial charge in [-0.3, -0.25) is 14.6 Å². The Hall–Kier alpha value is -3.72. The van der Waals surface area contributed by atoms with E-state index in [1.807, 2.05) is 55.6 Å². The Morgan fingerprint density at radius 1 is 1.22 bits per heavy atom. The van der Waals surface area contributed by atoms with Crippen molar-refractivity contribution in [2.45, 2.75) is 27.2 Å². The minimum Gasteiger partial charge on any atom is -0.484 e. The van der Waals surface area contributed by atoms with Crippen molar-refractivity contribution in [3.63, 3.8) is 0 Å². The molecule has 0 aliphatic rings. The van der Waals surface area contributed by atoms with E-state index in [9.17, 15) is 9.59 Å². The lowest BCUT2D eigenvalue weighted by Gasteiger charge is -2.10. The number of aromatic amines is 1. The van der Waals surface area contributed by atoms with Crippen LogP contribution in [0.2, 0.25) is 0 Å². The highest BCUT2D eigenvalue weighted by molar-refractivity contribution is 7.13. The molecule has 8 nitrogen and oxygen atoms in total. The Morgan fingerprint density at radius 2 is 2.00 bits per heavy atom. The number of carbonyl (C=O) groups is 1. The number of anilines is 1. The Morgan fingerprint density at radius 3 is 2.66 bits per heavy atom. The van der Waals surface area contributed by atoms with Gasteiger partial charge in [0.2, 0.25) is 5.95 Å². The number of hydrogen-bond donors (Lipinski definition) is 2. The van der Waals surface area contributed by atoms with Gasteiger partial charge in [0, 0.05) is 17.3 Å². The molecule has 4 aromatic rings. The third kappa shape index (κ3) is 4.62. The van der Waals surface area contributed by atoms with Gasteiger partial charge in [0.1, 0.15) is 17.3 Å². The summed E-state index contributed by atoms with van der Waals surface area (Å²) < 4.78 is 7.01. The molecular weight excluding hydrogens is 426 g/mol. The summed E-state index contributed by atoms with van der Waals surface area (Å²) in [5, 5.41) is 9.35. The predicted octanol–water partition coefficient (Wildman–Crippen LogP) is 3.88. The van der Waals surface area contributed by atoms with E-state index in [4.69, 9.17) is 4.74 Å². The molecule has 3 aromatic heterocycles. The number of carbonyl (C=O) groups excluding carboxylic acids is 1. The molecule has 1 aromatic carbocycles. The molecule has 0 aliphatic carbocycles. The van der Waals surface area contributed by atoms with Crippen molar-refractivity contribution in [1.29, 1.82) is 0 Å². The smallest absolute Gasteiger partial charge is 0.263 e. The van der Waals surface area contributed by atoms with Gasteiger partial charge in [0.15, 0.2) is 6.61 Å². The first kappa shape index (κ1) is 21.5. The summed E-state index contributed by atoms with van der Waals surface area (Å²) in [5.41, 5.74) is 2.80. The van der Waals surface area contributed by atoms with Crippen molar-refractivity contribution in [1.82, 2.24) is 19.7 Å². The monoisotopic (exact) mass is 449 g/mol. The Bertz CT molecular complexity index is 1290. The summed E-state index contributed by atoms with van der Waals surface area (Å²) in [6.45, 7) is 5.51. The molecule has 3 heterocycles. The van der Waals surface area contributed by atoms with Gasteiger partial charge in [0.05, 0.1) is 4.88 Å². The molecule has 0 aliphatic heterocycles. The van der Waals surface area contributed by atoms with Crippen LogP contribution in [0.15, 0.2) is 52.6 Å².